The van der Waals surface area contributed by atoms with Crippen LogP contribution in [0.25, 0.3) is 53.7 Å². The first-order chi connectivity index (χ1) is 23.3. The Labute approximate surface area is 314 Å². The van der Waals surface area contributed by atoms with Crippen molar-refractivity contribution in [3.05, 3.63) is 96.7 Å². The summed E-state index contributed by atoms with van der Waals surface area (Å²) < 4.78 is 6.85. The summed E-state index contributed by atoms with van der Waals surface area (Å²) in [5.41, 5.74) is 5.56. The monoisotopic (exact) mass is 866 g/mol. The number of aliphatic hydroxyl groups is 1. The Hall–Kier alpha value is -3.64. The van der Waals surface area contributed by atoms with Gasteiger partial charge in [0.1, 0.15) is 17.7 Å². The van der Waals surface area contributed by atoms with Gasteiger partial charge in [-0.3, -0.25) is 9.78 Å². The average molecular weight is 866 g/mol. The van der Waals surface area contributed by atoms with Crippen LogP contribution >= 0.6 is 11.3 Å². The second kappa shape index (κ2) is 15.7. The first kappa shape index (κ1) is 39.2. The fourth-order valence-electron chi connectivity index (χ4n) is 6.03. The molecule has 0 fully saturated rings. The minimum absolute atomic E-state index is 0. The number of benzene rings is 3. The number of thiophene rings is 1. The molecule has 0 saturated carbocycles. The number of para-hydroxylation sites is 1. The third kappa shape index (κ3) is 7.81. The SMILES string of the molecule is CC(C)(C)c1cc(-c2ncnc3cc(-c4cccc5ccoc45)sc23)[c-]c2ccccc12.CCC(C)(CC)C(=O)/C=C(\O)C(C)(CC)CC.[Ir]. The fourth-order valence-corrected chi connectivity index (χ4v) is 7.16. The van der Waals surface area contributed by atoms with E-state index in [1.807, 2.05) is 47.6 Å². The molecule has 0 spiro atoms. The number of rotatable bonds is 9. The van der Waals surface area contributed by atoms with Crippen molar-refractivity contribution in [2.75, 3.05) is 0 Å². The zero-order valence-corrected chi connectivity index (χ0v) is 33.9. The summed E-state index contributed by atoms with van der Waals surface area (Å²) in [4.78, 5) is 22.6. The van der Waals surface area contributed by atoms with Gasteiger partial charge in [-0.2, -0.15) is 0 Å². The summed E-state index contributed by atoms with van der Waals surface area (Å²) in [5, 5.41) is 13.6. The number of ketones is 1. The van der Waals surface area contributed by atoms with Crippen LogP contribution < -0.4 is 0 Å². The number of carbonyl (C=O) groups excluding carboxylic acids is 1. The molecule has 6 aromatic rings. The Balaban J connectivity index is 0.000000269. The predicted molar refractivity (Wildman–Crippen MR) is 206 cm³/mol. The molecule has 0 aliphatic carbocycles. The van der Waals surface area contributed by atoms with E-state index in [2.05, 4.69) is 86.4 Å². The van der Waals surface area contributed by atoms with Crippen molar-refractivity contribution in [3.8, 4) is 21.7 Å². The summed E-state index contributed by atoms with van der Waals surface area (Å²) in [7, 11) is 0. The molecule has 1 radical (unpaired) electrons. The molecule has 1 N–H and O–H groups in total. The van der Waals surface area contributed by atoms with Crippen LogP contribution in [0, 0.1) is 16.9 Å². The maximum atomic E-state index is 12.2. The molecule has 0 aliphatic heterocycles. The smallest absolute Gasteiger partial charge is 0.164 e. The van der Waals surface area contributed by atoms with E-state index in [9.17, 15) is 9.90 Å². The maximum absolute atomic E-state index is 12.2. The van der Waals surface area contributed by atoms with E-state index in [-0.39, 0.29) is 47.9 Å². The summed E-state index contributed by atoms with van der Waals surface area (Å²) in [6, 6.07) is 24.7. The zero-order chi connectivity index (χ0) is 35.6. The normalized spacial score (nSPS) is 12.5. The molecule has 3 aromatic heterocycles. The summed E-state index contributed by atoms with van der Waals surface area (Å²) in [6.07, 6.45) is 8.15. The quantitative estimate of drug-likeness (QED) is 0.0890. The molecule has 3 aromatic carbocycles. The van der Waals surface area contributed by atoms with E-state index in [0.29, 0.717) is 0 Å². The summed E-state index contributed by atoms with van der Waals surface area (Å²) in [6.45, 7) is 18.8. The third-order valence-corrected chi connectivity index (χ3v) is 11.7. The third-order valence-electron chi connectivity index (χ3n) is 10.5. The van der Waals surface area contributed by atoms with Crippen molar-refractivity contribution in [1.29, 1.82) is 0 Å². The van der Waals surface area contributed by atoms with Gasteiger partial charge >= 0.3 is 0 Å². The minimum atomic E-state index is -0.337. The Morgan fingerprint density at radius 2 is 1.56 bits per heavy atom. The molecule has 0 unspecified atom stereocenters. The minimum Gasteiger partial charge on any atom is -0.512 e. The van der Waals surface area contributed by atoms with Crippen molar-refractivity contribution in [3.63, 3.8) is 0 Å². The molecule has 0 atom stereocenters. The topological polar surface area (TPSA) is 76.2 Å². The van der Waals surface area contributed by atoms with Crippen LogP contribution in [0.3, 0.4) is 0 Å². The van der Waals surface area contributed by atoms with Crippen molar-refractivity contribution in [1.82, 2.24) is 9.97 Å². The predicted octanol–water partition coefficient (Wildman–Crippen LogP) is 12.7. The van der Waals surface area contributed by atoms with Crippen molar-refractivity contribution in [2.45, 2.75) is 93.4 Å². The molecule has 0 aliphatic rings. The zero-order valence-electron chi connectivity index (χ0n) is 30.7. The van der Waals surface area contributed by atoms with Gasteiger partial charge < -0.3 is 9.52 Å². The van der Waals surface area contributed by atoms with Gasteiger partial charge in [0.25, 0.3) is 0 Å². The number of aliphatic hydroxyl groups excluding tert-OH is 1. The fraction of sp³-hybridized carbons (Fsp3) is 0.372. The molecule has 5 nitrogen and oxygen atoms in total. The van der Waals surface area contributed by atoms with Gasteiger partial charge in [-0.05, 0) is 49.3 Å². The Morgan fingerprint density at radius 3 is 2.22 bits per heavy atom. The van der Waals surface area contributed by atoms with E-state index in [1.165, 1.54) is 17.0 Å². The molecule has 265 valence electrons. The number of carbonyl (C=O) groups is 1. The van der Waals surface area contributed by atoms with E-state index in [0.717, 1.165) is 74.0 Å². The van der Waals surface area contributed by atoms with Crippen molar-refractivity contribution in [2.24, 2.45) is 10.8 Å². The van der Waals surface area contributed by atoms with Crippen LogP contribution in [0.1, 0.15) is 93.6 Å². The molecule has 50 heavy (non-hydrogen) atoms. The molecule has 7 heteroatoms. The van der Waals surface area contributed by atoms with Crippen LogP contribution in [-0.4, -0.2) is 20.9 Å². The van der Waals surface area contributed by atoms with Gasteiger partial charge in [-0.15, -0.1) is 40.5 Å². The van der Waals surface area contributed by atoms with E-state index >= 15 is 0 Å². The Bertz CT molecular complexity index is 2130. The second-order valence-corrected chi connectivity index (χ2v) is 15.6. The number of nitrogens with zero attached hydrogens (tertiary/aromatic N) is 2. The van der Waals surface area contributed by atoms with E-state index < -0.39 is 0 Å². The van der Waals surface area contributed by atoms with Gasteiger partial charge in [0.15, 0.2) is 5.78 Å². The number of fused-ring (bicyclic) bond motifs is 3. The molecule has 0 bridgehead atoms. The molecule has 0 saturated heterocycles. The number of hydrogen-bond acceptors (Lipinski definition) is 6. The molecular formula is C43H49IrN2O3S-. The van der Waals surface area contributed by atoms with Crippen molar-refractivity contribution < 1.29 is 34.4 Å². The van der Waals surface area contributed by atoms with Gasteiger partial charge in [0, 0.05) is 63.2 Å². The Morgan fingerprint density at radius 1 is 0.880 bits per heavy atom. The average Bonchev–Trinajstić information content (AvgIpc) is 3.78. The standard InChI is InChI=1S/C28H21N2OS.C15H28O2.Ir/c1-28(2,3)22-14-19(13-18-7-4-5-9-20(18)22)25-27-23(29-16-30-25)15-24(32-27)21-10-6-8-17-11-12-31-26(17)21;1-7-14(5,8-2)12(16)11-13(17)15(6,9-3)10-4;/h4-12,14-16H,1-3H3;11,16H,7-10H2,1-6H3;/q-1;;/b;12-11-;. The van der Waals surface area contributed by atoms with E-state index in [1.54, 1.807) is 23.9 Å². The first-order valence-corrected chi connectivity index (χ1v) is 18.2. The largest absolute Gasteiger partial charge is 0.512 e. The van der Waals surface area contributed by atoms with E-state index in [4.69, 9.17) is 9.40 Å². The number of furan rings is 1. The van der Waals surface area contributed by atoms with Gasteiger partial charge in [-0.1, -0.05) is 104 Å². The molecule has 3 heterocycles. The number of aromatic nitrogens is 2. The van der Waals surface area contributed by atoms with Gasteiger partial charge in [0.2, 0.25) is 0 Å². The maximum Gasteiger partial charge on any atom is 0.164 e. The molecular weight excluding hydrogens is 817 g/mol. The second-order valence-electron chi connectivity index (χ2n) is 14.5. The van der Waals surface area contributed by atoms with Crippen LogP contribution in [0.2, 0.25) is 0 Å². The van der Waals surface area contributed by atoms with Crippen LogP contribution in [0.4, 0.5) is 0 Å². The number of hydrogen-bond donors (Lipinski definition) is 1. The van der Waals surface area contributed by atoms with Crippen LogP contribution in [0.15, 0.2) is 89.5 Å². The summed E-state index contributed by atoms with van der Waals surface area (Å²) in [5.74, 6) is 0.286. The molecule has 6 rings (SSSR count). The van der Waals surface area contributed by atoms with Gasteiger partial charge in [0.05, 0.1) is 11.8 Å². The summed E-state index contributed by atoms with van der Waals surface area (Å²) >= 11 is 1.70. The van der Waals surface area contributed by atoms with Crippen molar-refractivity contribution >= 4 is 49.1 Å². The van der Waals surface area contributed by atoms with Crippen LogP contribution in [0.5, 0.6) is 0 Å². The number of allylic oxidation sites excluding steroid dienone is 2. The Kier molecular flexibility index (Phi) is 12.3. The van der Waals surface area contributed by atoms with Crippen LogP contribution in [-0.2, 0) is 30.3 Å². The molecule has 0 amide bonds. The first-order valence-electron chi connectivity index (χ1n) is 17.4. The van der Waals surface area contributed by atoms with Gasteiger partial charge in [-0.25, -0.2) is 4.98 Å².